The van der Waals surface area contributed by atoms with Gasteiger partial charge in [-0.2, -0.15) is 18.2 Å². The average molecular weight is 625 g/mol. The van der Waals surface area contributed by atoms with E-state index in [4.69, 9.17) is 14.2 Å². The summed E-state index contributed by atoms with van der Waals surface area (Å²) in [6, 6.07) is 13.9. The maximum atomic E-state index is 13.1. The molecule has 4 rings (SSSR count). The number of alkyl halides is 3. The van der Waals surface area contributed by atoms with Gasteiger partial charge >= 0.3 is 18.4 Å². The Morgan fingerprint density at radius 3 is 2.02 bits per heavy atom. The second-order valence-electron chi connectivity index (χ2n) is 11.9. The van der Waals surface area contributed by atoms with Gasteiger partial charge in [-0.1, -0.05) is 30.3 Å². The number of ether oxygens (including phenoxy) is 3. The molecule has 4 aromatic rings. The highest BCUT2D eigenvalue weighted by Crippen LogP contribution is 2.30. The van der Waals surface area contributed by atoms with E-state index < -0.39 is 35.1 Å². The summed E-state index contributed by atoms with van der Waals surface area (Å²) in [4.78, 5) is 52.2. The number of hydrogen-bond donors (Lipinski definition) is 0. The summed E-state index contributed by atoms with van der Waals surface area (Å²) in [6.07, 6.45) is -5.60. The first-order chi connectivity index (χ1) is 20.9. The van der Waals surface area contributed by atoms with E-state index >= 15 is 0 Å². The van der Waals surface area contributed by atoms with E-state index in [1.807, 2.05) is 0 Å². The monoisotopic (exact) mass is 624 g/mol. The van der Waals surface area contributed by atoms with Crippen LogP contribution in [-0.2, 0) is 22.1 Å². The SMILES string of the molecule is CC(C)(C)OC(=O)N(C(=O)OC(C)(C)C)c1nccc(Oc2ccc3c(C(=O)Cc4cccc(C(F)(F)F)c4)cccc3n2)n1. The molecule has 0 aliphatic carbocycles. The normalized spacial score (nSPS) is 12.0. The van der Waals surface area contributed by atoms with Crippen molar-refractivity contribution in [3.8, 4) is 11.8 Å². The van der Waals surface area contributed by atoms with Gasteiger partial charge in [0, 0.05) is 35.7 Å². The molecule has 0 saturated carbocycles. The maximum Gasteiger partial charge on any atom is 0.427 e. The van der Waals surface area contributed by atoms with Gasteiger partial charge in [0.25, 0.3) is 0 Å². The van der Waals surface area contributed by atoms with Gasteiger partial charge in [0.05, 0.1) is 11.1 Å². The van der Waals surface area contributed by atoms with E-state index in [2.05, 4.69) is 15.0 Å². The Bertz CT molecular complexity index is 1720. The molecule has 13 heteroatoms. The predicted molar refractivity (Wildman–Crippen MR) is 158 cm³/mol. The first-order valence-electron chi connectivity index (χ1n) is 13.8. The molecular formula is C32H31F3N4O6. The van der Waals surface area contributed by atoms with Crippen molar-refractivity contribution in [1.29, 1.82) is 0 Å². The van der Waals surface area contributed by atoms with Crippen molar-refractivity contribution >= 4 is 34.8 Å². The summed E-state index contributed by atoms with van der Waals surface area (Å²) < 4.78 is 55.9. The van der Waals surface area contributed by atoms with Gasteiger partial charge in [0.2, 0.25) is 17.7 Å². The van der Waals surface area contributed by atoms with Crippen LogP contribution >= 0.6 is 0 Å². The van der Waals surface area contributed by atoms with Crippen molar-refractivity contribution in [3.05, 3.63) is 83.6 Å². The van der Waals surface area contributed by atoms with Crippen molar-refractivity contribution in [2.24, 2.45) is 0 Å². The maximum absolute atomic E-state index is 13.1. The Morgan fingerprint density at radius 1 is 0.778 bits per heavy atom. The molecular weight excluding hydrogens is 593 g/mol. The first-order valence-corrected chi connectivity index (χ1v) is 13.8. The summed E-state index contributed by atoms with van der Waals surface area (Å²) in [7, 11) is 0. The van der Waals surface area contributed by atoms with E-state index in [1.54, 1.807) is 65.8 Å². The fourth-order valence-electron chi connectivity index (χ4n) is 4.03. The van der Waals surface area contributed by atoms with Gasteiger partial charge in [-0.3, -0.25) is 4.79 Å². The van der Waals surface area contributed by atoms with Gasteiger partial charge in [0.15, 0.2) is 5.78 Å². The number of amides is 2. The molecule has 0 spiro atoms. The van der Waals surface area contributed by atoms with Gasteiger partial charge in [-0.25, -0.2) is 19.6 Å². The topological polar surface area (TPSA) is 121 Å². The number of hydrogen-bond acceptors (Lipinski definition) is 9. The molecule has 2 aromatic heterocycles. The number of carbonyl (C=O) groups excluding carboxylic acids is 3. The van der Waals surface area contributed by atoms with Crippen molar-refractivity contribution in [2.45, 2.75) is 65.3 Å². The number of anilines is 1. The minimum absolute atomic E-state index is 0.0655. The van der Waals surface area contributed by atoms with Crippen molar-refractivity contribution in [2.75, 3.05) is 4.90 Å². The van der Waals surface area contributed by atoms with E-state index in [0.717, 1.165) is 12.1 Å². The zero-order valence-corrected chi connectivity index (χ0v) is 25.4. The number of halogens is 3. The molecule has 236 valence electrons. The van der Waals surface area contributed by atoms with E-state index in [0.29, 0.717) is 15.8 Å². The van der Waals surface area contributed by atoms with Gasteiger partial charge in [-0.05, 0) is 65.3 Å². The van der Waals surface area contributed by atoms with Gasteiger partial charge in [0.1, 0.15) is 11.2 Å². The molecule has 2 aromatic carbocycles. The average Bonchev–Trinajstić information content (AvgIpc) is 2.90. The van der Waals surface area contributed by atoms with Crippen molar-refractivity contribution in [3.63, 3.8) is 0 Å². The Hall–Kier alpha value is -5.07. The summed E-state index contributed by atoms with van der Waals surface area (Å²) in [5.41, 5.74) is -1.82. The number of ketones is 1. The van der Waals surface area contributed by atoms with Crippen LogP contribution in [0.15, 0.2) is 66.9 Å². The fraction of sp³-hybridized carbons (Fsp3) is 0.312. The summed E-state index contributed by atoms with van der Waals surface area (Å²) in [5, 5.41) is 0.464. The Labute approximate surface area is 257 Å². The number of benzene rings is 2. The standard InChI is InChI=1S/C32H31F3N4O6/c1-30(2,3)44-28(41)39(29(42)45-31(4,5)6)27-36-16-15-26(38-27)43-25-14-13-21-22(11-8-12-23(21)37-25)24(40)18-19-9-7-10-20(17-19)32(33,34)35/h7-17H,18H2,1-6H3. The largest absolute Gasteiger partial charge is 0.443 e. The Morgan fingerprint density at radius 2 is 1.40 bits per heavy atom. The molecule has 45 heavy (non-hydrogen) atoms. The number of nitrogens with zero attached hydrogens (tertiary/aromatic N) is 4. The lowest BCUT2D eigenvalue weighted by atomic mass is 9.98. The van der Waals surface area contributed by atoms with Crippen LogP contribution in [0.5, 0.6) is 11.8 Å². The molecule has 0 bridgehead atoms. The molecule has 0 aliphatic rings. The minimum Gasteiger partial charge on any atom is -0.443 e. The van der Waals surface area contributed by atoms with Crippen LogP contribution in [0, 0.1) is 0 Å². The highest BCUT2D eigenvalue weighted by Gasteiger charge is 2.35. The number of Topliss-reactive ketones (excluding diaryl/α,β-unsaturated/α-hetero) is 1. The Kier molecular flexibility index (Phi) is 9.12. The van der Waals surface area contributed by atoms with Crippen LogP contribution in [0.1, 0.15) is 63.0 Å². The van der Waals surface area contributed by atoms with Gasteiger partial charge in [-0.15, -0.1) is 4.90 Å². The van der Waals surface area contributed by atoms with Crippen LogP contribution < -0.4 is 9.64 Å². The van der Waals surface area contributed by atoms with E-state index in [9.17, 15) is 27.6 Å². The van der Waals surface area contributed by atoms with Crippen LogP contribution in [0.3, 0.4) is 0 Å². The minimum atomic E-state index is -4.52. The highest BCUT2D eigenvalue weighted by atomic mass is 19.4. The van der Waals surface area contributed by atoms with Crippen LogP contribution in [0.4, 0.5) is 28.7 Å². The van der Waals surface area contributed by atoms with Crippen LogP contribution in [-0.4, -0.2) is 44.1 Å². The lowest BCUT2D eigenvalue weighted by Gasteiger charge is -2.27. The van der Waals surface area contributed by atoms with Crippen molar-refractivity contribution < 1.29 is 41.8 Å². The lowest BCUT2D eigenvalue weighted by molar-refractivity contribution is -0.137. The van der Waals surface area contributed by atoms with E-state index in [1.165, 1.54) is 30.5 Å². The lowest BCUT2D eigenvalue weighted by Crippen LogP contribution is -2.44. The summed E-state index contributed by atoms with van der Waals surface area (Å²) in [5.74, 6) is -0.754. The number of rotatable bonds is 6. The first kappa shape index (κ1) is 32.8. The summed E-state index contributed by atoms with van der Waals surface area (Å²) >= 11 is 0. The zero-order chi connectivity index (χ0) is 33.2. The molecule has 0 N–H and O–H groups in total. The van der Waals surface area contributed by atoms with Crippen LogP contribution in [0.2, 0.25) is 0 Å². The second-order valence-corrected chi connectivity index (χ2v) is 11.9. The number of imide groups is 1. The zero-order valence-electron chi connectivity index (χ0n) is 25.4. The molecule has 0 aliphatic heterocycles. The second kappa shape index (κ2) is 12.5. The third-order valence-electron chi connectivity index (χ3n) is 5.80. The smallest absolute Gasteiger partial charge is 0.427 e. The summed E-state index contributed by atoms with van der Waals surface area (Å²) in [6.45, 7) is 9.80. The number of pyridine rings is 1. The molecule has 0 atom stereocenters. The van der Waals surface area contributed by atoms with Crippen molar-refractivity contribution in [1.82, 2.24) is 15.0 Å². The third-order valence-corrected chi connectivity index (χ3v) is 5.80. The molecule has 0 radical (unpaired) electrons. The predicted octanol–water partition coefficient (Wildman–Crippen LogP) is 7.94. The van der Waals surface area contributed by atoms with Gasteiger partial charge < -0.3 is 14.2 Å². The quantitative estimate of drug-likeness (QED) is 0.197. The molecule has 0 unspecified atom stereocenters. The molecule has 2 amide bonds. The third kappa shape index (κ3) is 8.74. The van der Waals surface area contributed by atoms with E-state index in [-0.39, 0.29) is 41.0 Å². The molecule has 0 fully saturated rings. The number of carbonyl (C=O) groups is 3. The molecule has 0 saturated heterocycles. The molecule has 2 heterocycles. The fourth-order valence-corrected chi connectivity index (χ4v) is 4.03. The highest BCUT2D eigenvalue weighted by molar-refractivity contribution is 6.09. The molecule has 10 nitrogen and oxygen atoms in total. The van der Waals surface area contributed by atoms with Crippen LogP contribution in [0.25, 0.3) is 10.9 Å². The Balaban J connectivity index is 1.59. The number of fused-ring (bicyclic) bond motifs is 1. The number of aromatic nitrogens is 3.